The molecule has 3 aromatic carbocycles. The lowest BCUT2D eigenvalue weighted by molar-refractivity contribution is -0.120. The highest BCUT2D eigenvalue weighted by Crippen LogP contribution is 2.32. The minimum absolute atomic E-state index is 0.0590. The minimum Gasteiger partial charge on any atom is -0.497 e. The summed E-state index contributed by atoms with van der Waals surface area (Å²) in [7, 11) is -2.73. The molecule has 1 atom stereocenters. The molecule has 4 aromatic rings. The molecular formula is C25H22ClN7O5S. The van der Waals surface area contributed by atoms with E-state index in [-0.39, 0.29) is 34.5 Å². The molecule has 2 amide bonds. The highest BCUT2D eigenvalue weighted by atomic mass is 35.5. The Morgan fingerprint density at radius 2 is 1.77 bits per heavy atom. The minimum atomic E-state index is -4.24. The topological polar surface area (TPSA) is 163 Å². The average molecular weight is 568 g/mol. The summed E-state index contributed by atoms with van der Waals surface area (Å²) in [5.41, 5.74) is 6.48. The van der Waals surface area contributed by atoms with Crippen molar-refractivity contribution in [2.24, 2.45) is 0 Å². The highest BCUT2D eigenvalue weighted by molar-refractivity contribution is 7.92. The van der Waals surface area contributed by atoms with Crippen molar-refractivity contribution in [3.05, 3.63) is 77.3 Å². The fraction of sp³-hybridized carbons (Fsp3) is 0.120. The van der Waals surface area contributed by atoms with E-state index in [1.165, 1.54) is 31.4 Å². The van der Waals surface area contributed by atoms with E-state index in [2.05, 4.69) is 36.2 Å². The lowest BCUT2D eigenvalue weighted by Gasteiger charge is -2.15. The number of para-hydroxylation sites is 2. The quantitative estimate of drug-likeness (QED) is 0.215. The van der Waals surface area contributed by atoms with Crippen molar-refractivity contribution >= 4 is 61.8 Å². The van der Waals surface area contributed by atoms with E-state index in [0.29, 0.717) is 27.5 Å². The predicted octanol–water partition coefficient (Wildman–Crippen LogP) is 2.57. The van der Waals surface area contributed by atoms with Crippen LogP contribution in [0.25, 0.3) is 11.0 Å². The van der Waals surface area contributed by atoms with Crippen LogP contribution in [-0.4, -0.2) is 49.9 Å². The SMILES string of the molecule is COc1ccc(Cl)c(Nc2nc3ccccc3nc2NS(=O)(=O)c2cccc(C(=O)NC3CNNC3=O)c2)c1. The zero-order valence-electron chi connectivity index (χ0n) is 20.4. The van der Waals surface area contributed by atoms with E-state index >= 15 is 0 Å². The van der Waals surface area contributed by atoms with Crippen molar-refractivity contribution in [1.29, 1.82) is 0 Å². The summed E-state index contributed by atoms with van der Waals surface area (Å²) in [4.78, 5) is 33.3. The number of nitrogens with one attached hydrogen (secondary N) is 5. The first-order valence-electron chi connectivity index (χ1n) is 11.6. The van der Waals surface area contributed by atoms with E-state index in [0.717, 1.165) is 0 Å². The van der Waals surface area contributed by atoms with Crippen LogP contribution in [0.3, 0.4) is 0 Å². The number of sulfonamides is 1. The number of hydrogen-bond donors (Lipinski definition) is 5. The van der Waals surface area contributed by atoms with Gasteiger partial charge in [-0.3, -0.25) is 19.7 Å². The van der Waals surface area contributed by atoms with Gasteiger partial charge in [0.2, 0.25) is 0 Å². The van der Waals surface area contributed by atoms with Crippen LogP contribution in [0.15, 0.2) is 71.6 Å². The van der Waals surface area contributed by atoms with Crippen molar-refractivity contribution in [2.45, 2.75) is 10.9 Å². The molecule has 5 rings (SSSR count). The maximum atomic E-state index is 13.4. The monoisotopic (exact) mass is 567 g/mol. The summed E-state index contributed by atoms with van der Waals surface area (Å²) in [5.74, 6) is -0.452. The van der Waals surface area contributed by atoms with E-state index in [1.807, 2.05) is 0 Å². The first-order chi connectivity index (χ1) is 18.7. The van der Waals surface area contributed by atoms with Crippen LogP contribution in [0.2, 0.25) is 5.02 Å². The molecule has 0 radical (unpaired) electrons. The van der Waals surface area contributed by atoms with Crippen LogP contribution in [0.4, 0.5) is 17.3 Å². The van der Waals surface area contributed by atoms with Crippen LogP contribution in [0.5, 0.6) is 5.75 Å². The molecule has 12 nitrogen and oxygen atoms in total. The molecule has 1 aliphatic heterocycles. The van der Waals surface area contributed by atoms with Crippen molar-refractivity contribution in [2.75, 3.05) is 23.7 Å². The van der Waals surface area contributed by atoms with Crippen LogP contribution in [-0.2, 0) is 14.8 Å². The second kappa shape index (κ2) is 10.7. The Kier molecular flexibility index (Phi) is 7.19. The number of hydrazine groups is 1. The van der Waals surface area contributed by atoms with Gasteiger partial charge in [-0.15, -0.1) is 0 Å². The van der Waals surface area contributed by atoms with E-state index < -0.39 is 22.0 Å². The molecule has 5 N–H and O–H groups in total. The number of ether oxygens (including phenoxy) is 1. The predicted molar refractivity (Wildman–Crippen MR) is 145 cm³/mol. The number of amides is 2. The number of rotatable bonds is 8. The summed E-state index contributed by atoms with van der Waals surface area (Å²) in [6.07, 6.45) is 0. The van der Waals surface area contributed by atoms with E-state index in [4.69, 9.17) is 16.3 Å². The molecule has 2 heterocycles. The molecule has 1 aromatic heterocycles. The number of fused-ring (bicyclic) bond motifs is 1. The van der Waals surface area contributed by atoms with Gasteiger partial charge in [0.05, 0.1) is 33.7 Å². The van der Waals surface area contributed by atoms with Gasteiger partial charge in [0.1, 0.15) is 11.8 Å². The van der Waals surface area contributed by atoms with Crippen molar-refractivity contribution in [3.8, 4) is 5.75 Å². The largest absolute Gasteiger partial charge is 0.497 e. The maximum absolute atomic E-state index is 13.4. The Labute approximate surface area is 228 Å². The van der Waals surface area contributed by atoms with Gasteiger partial charge >= 0.3 is 0 Å². The number of carbonyl (C=O) groups excluding carboxylic acids is 2. The number of halogens is 1. The molecule has 1 unspecified atom stereocenters. The number of aromatic nitrogens is 2. The molecule has 14 heteroatoms. The number of benzene rings is 3. The summed E-state index contributed by atoms with van der Waals surface area (Å²) in [5, 5.41) is 5.95. The third-order valence-corrected chi connectivity index (χ3v) is 7.44. The van der Waals surface area contributed by atoms with Gasteiger partial charge in [0.25, 0.3) is 21.8 Å². The highest BCUT2D eigenvalue weighted by Gasteiger charge is 2.27. The molecule has 0 spiro atoms. The molecular weight excluding hydrogens is 546 g/mol. The average Bonchev–Trinajstić information content (AvgIpc) is 3.34. The van der Waals surface area contributed by atoms with Crippen LogP contribution in [0.1, 0.15) is 10.4 Å². The van der Waals surface area contributed by atoms with Gasteiger partial charge in [0.15, 0.2) is 11.6 Å². The smallest absolute Gasteiger partial charge is 0.263 e. The summed E-state index contributed by atoms with van der Waals surface area (Å²) in [6, 6.07) is 16.6. The van der Waals surface area contributed by atoms with Gasteiger partial charge < -0.3 is 15.4 Å². The van der Waals surface area contributed by atoms with Crippen LogP contribution < -0.4 is 30.9 Å². The molecule has 39 heavy (non-hydrogen) atoms. The Balaban J connectivity index is 1.47. The zero-order chi connectivity index (χ0) is 27.6. The van der Waals surface area contributed by atoms with E-state index in [9.17, 15) is 18.0 Å². The van der Waals surface area contributed by atoms with Gasteiger partial charge in [-0.25, -0.2) is 23.8 Å². The molecule has 0 aliphatic carbocycles. The van der Waals surface area contributed by atoms with Crippen LogP contribution in [0, 0.1) is 0 Å². The van der Waals surface area contributed by atoms with Gasteiger partial charge in [-0.2, -0.15) is 0 Å². The third kappa shape index (κ3) is 5.70. The van der Waals surface area contributed by atoms with Crippen molar-refractivity contribution < 1.29 is 22.7 Å². The summed E-state index contributed by atoms with van der Waals surface area (Å²) in [6.45, 7) is 0.206. The van der Waals surface area contributed by atoms with Gasteiger partial charge in [0, 0.05) is 18.2 Å². The Hall–Kier alpha value is -4.46. The first-order valence-corrected chi connectivity index (χ1v) is 13.4. The summed E-state index contributed by atoms with van der Waals surface area (Å²) >= 11 is 6.35. The second-order valence-corrected chi connectivity index (χ2v) is 10.5. The Morgan fingerprint density at radius 1 is 1.03 bits per heavy atom. The maximum Gasteiger partial charge on any atom is 0.263 e. The molecule has 0 saturated carbocycles. The zero-order valence-corrected chi connectivity index (χ0v) is 21.9. The van der Waals surface area contributed by atoms with Crippen molar-refractivity contribution in [3.63, 3.8) is 0 Å². The Bertz CT molecular complexity index is 1700. The number of anilines is 3. The number of nitrogens with zero attached hydrogens (tertiary/aromatic N) is 2. The lowest BCUT2D eigenvalue weighted by Crippen LogP contribution is -2.41. The Morgan fingerprint density at radius 3 is 2.46 bits per heavy atom. The fourth-order valence-electron chi connectivity index (χ4n) is 3.78. The second-order valence-electron chi connectivity index (χ2n) is 8.41. The number of hydrogen-bond acceptors (Lipinski definition) is 9. The number of carbonyl (C=O) groups is 2. The lowest BCUT2D eigenvalue weighted by atomic mass is 10.2. The number of methoxy groups -OCH3 is 1. The standard InChI is InChI=1S/C25H22ClN7O5S/c1-38-15-9-10-17(26)20(12-15)30-22-23(29-19-8-3-2-7-18(19)28-22)33-39(36,37)16-6-4-5-14(11-16)24(34)31-21-13-27-32-25(21)35/h2-12,21,27H,13H2,1H3,(H,28,30)(H,29,33)(H,31,34)(H,32,35). The molecule has 1 aliphatic rings. The molecule has 0 bridgehead atoms. The summed E-state index contributed by atoms with van der Waals surface area (Å²) < 4.78 is 34.6. The van der Waals surface area contributed by atoms with Crippen LogP contribution >= 0.6 is 11.6 Å². The normalized spacial score (nSPS) is 15.0. The van der Waals surface area contributed by atoms with E-state index in [1.54, 1.807) is 42.5 Å². The van der Waals surface area contributed by atoms with Gasteiger partial charge in [-0.1, -0.05) is 29.8 Å². The molecule has 200 valence electrons. The molecule has 1 fully saturated rings. The third-order valence-electron chi connectivity index (χ3n) is 5.77. The fourth-order valence-corrected chi connectivity index (χ4v) is 5.00. The molecule has 1 saturated heterocycles. The first kappa shape index (κ1) is 26.2. The van der Waals surface area contributed by atoms with Gasteiger partial charge in [-0.05, 0) is 42.5 Å². The van der Waals surface area contributed by atoms with Crippen molar-refractivity contribution in [1.82, 2.24) is 26.1 Å².